The third-order valence-corrected chi connectivity index (χ3v) is 5.65. The molecule has 0 saturated carbocycles. The van der Waals surface area contributed by atoms with Gasteiger partial charge in [0.15, 0.2) is 6.10 Å². The Hall–Kier alpha value is -1.61. The molecule has 30 heavy (non-hydrogen) atoms. The van der Waals surface area contributed by atoms with Crippen molar-refractivity contribution in [3.8, 4) is 0 Å². The molecule has 0 amide bonds. The van der Waals surface area contributed by atoms with Gasteiger partial charge in [-0.2, -0.15) is 0 Å². The summed E-state index contributed by atoms with van der Waals surface area (Å²) in [5, 5.41) is 21.6. The van der Waals surface area contributed by atoms with Crippen molar-refractivity contribution in [2.24, 2.45) is 10.8 Å². The molecule has 0 radical (unpaired) electrons. The molecule has 1 aromatic rings. The van der Waals surface area contributed by atoms with E-state index in [-0.39, 0.29) is 6.61 Å². The third kappa shape index (κ3) is 6.44. The summed E-state index contributed by atoms with van der Waals surface area (Å²) in [5.41, 5.74) is -2.35. The van der Waals surface area contributed by atoms with E-state index in [0.717, 1.165) is 4.90 Å². The smallest absolute Gasteiger partial charge is 0.311 e. The summed E-state index contributed by atoms with van der Waals surface area (Å²) >= 11 is 1.24. The van der Waals surface area contributed by atoms with E-state index in [1.165, 1.54) is 11.8 Å². The average molecular weight is 441 g/mol. The maximum Gasteiger partial charge on any atom is 0.311 e. The molecule has 1 aliphatic heterocycles. The van der Waals surface area contributed by atoms with Crippen LogP contribution in [-0.2, 0) is 23.8 Å². The van der Waals surface area contributed by atoms with E-state index in [4.69, 9.17) is 14.2 Å². The lowest BCUT2D eigenvalue weighted by molar-refractivity contribution is -0.227. The monoisotopic (exact) mass is 440 g/mol. The maximum absolute atomic E-state index is 12.4. The molecule has 0 bridgehead atoms. The molecular formula is C22H32O7S. The van der Waals surface area contributed by atoms with Crippen molar-refractivity contribution in [1.29, 1.82) is 0 Å². The Morgan fingerprint density at radius 2 is 1.53 bits per heavy atom. The van der Waals surface area contributed by atoms with Crippen LogP contribution in [0.1, 0.15) is 41.5 Å². The Morgan fingerprint density at radius 3 is 2.07 bits per heavy atom. The number of hydrogen-bond donors (Lipinski definition) is 2. The minimum absolute atomic E-state index is 0.223. The van der Waals surface area contributed by atoms with E-state index in [1.54, 1.807) is 41.5 Å². The molecule has 8 heteroatoms. The van der Waals surface area contributed by atoms with E-state index in [0.29, 0.717) is 0 Å². The Bertz CT molecular complexity index is 723. The zero-order chi connectivity index (χ0) is 22.7. The lowest BCUT2D eigenvalue weighted by atomic mass is 9.95. The fourth-order valence-electron chi connectivity index (χ4n) is 2.58. The largest absolute Gasteiger partial charge is 0.462 e. The van der Waals surface area contributed by atoms with Crippen molar-refractivity contribution < 1.29 is 34.0 Å². The van der Waals surface area contributed by atoms with Crippen LogP contribution >= 0.6 is 11.8 Å². The Kier molecular flexibility index (Phi) is 7.96. The summed E-state index contributed by atoms with van der Waals surface area (Å²) in [6, 6.07) is 9.29. The quantitative estimate of drug-likeness (QED) is 0.674. The van der Waals surface area contributed by atoms with E-state index < -0.39 is 52.6 Å². The van der Waals surface area contributed by atoms with Crippen LogP contribution in [0.3, 0.4) is 0 Å². The highest BCUT2D eigenvalue weighted by Gasteiger charge is 2.48. The van der Waals surface area contributed by atoms with E-state index in [1.807, 2.05) is 30.3 Å². The average Bonchev–Trinajstić information content (AvgIpc) is 2.65. The van der Waals surface area contributed by atoms with Crippen LogP contribution in [0.5, 0.6) is 0 Å². The van der Waals surface area contributed by atoms with Crippen LogP contribution in [0.25, 0.3) is 0 Å². The normalized spacial score (nSPS) is 27.4. The molecule has 2 rings (SSSR count). The SMILES string of the molecule is CC(C)(C)C(=O)OC[C@H]1O[C@@H](Sc2ccccc2)[C@H](O)[C@@H](OC(=O)C(C)(C)C)[C@H]1O. The number of aliphatic hydroxyl groups is 2. The molecule has 1 heterocycles. The van der Waals surface area contributed by atoms with Gasteiger partial charge in [0.05, 0.1) is 10.8 Å². The number of rotatable bonds is 5. The highest BCUT2D eigenvalue weighted by Crippen LogP contribution is 2.35. The lowest BCUT2D eigenvalue weighted by Gasteiger charge is -2.42. The van der Waals surface area contributed by atoms with Crippen molar-refractivity contribution in [1.82, 2.24) is 0 Å². The number of aliphatic hydroxyl groups excluding tert-OH is 2. The second-order valence-corrected chi connectivity index (χ2v) is 10.6. The Morgan fingerprint density at radius 1 is 0.967 bits per heavy atom. The molecule has 5 atom stereocenters. The summed E-state index contributed by atoms with van der Waals surface area (Å²) in [4.78, 5) is 25.4. The van der Waals surface area contributed by atoms with Gasteiger partial charge >= 0.3 is 11.9 Å². The summed E-state index contributed by atoms with van der Waals surface area (Å²) in [6.45, 7) is 10.0. The van der Waals surface area contributed by atoms with Gasteiger partial charge in [-0.05, 0) is 53.7 Å². The Balaban J connectivity index is 2.21. The number of hydrogen-bond acceptors (Lipinski definition) is 8. The van der Waals surface area contributed by atoms with Gasteiger partial charge in [0, 0.05) is 4.90 Å². The molecular weight excluding hydrogens is 408 g/mol. The van der Waals surface area contributed by atoms with Crippen molar-refractivity contribution in [3.63, 3.8) is 0 Å². The van der Waals surface area contributed by atoms with Gasteiger partial charge < -0.3 is 24.4 Å². The van der Waals surface area contributed by atoms with Gasteiger partial charge in [-0.15, -0.1) is 0 Å². The van der Waals surface area contributed by atoms with E-state index >= 15 is 0 Å². The molecule has 1 aliphatic rings. The number of carbonyl (C=O) groups excluding carboxylic acids is 2. The number of benzene rings is 1. The number of thioether (sulfide) groups is 1. The van der Waals surface area contributed by atoms with Gasteiger partial charge in [0.2, 0.25) is 0 Å². The fraction of sp³-hybridized carbons (Fsp3) is 0.636. The summed E-state index contributed by atoms with van der Waals surface area (Å²) in [7, 11) is 0. The second-order valence-electron chi connectivity index (χ2n) is 9.42. The maximum atomic E-state index is 12.4. The number of esters is 2. The molecule has 168 valence electrons. The predicted octanol–water partition coefficient (Wildman–Crippen LogP) is 2.77. The lowest BCUT2D eigenvalue weighted by Crippen LogP contribution is -2.59. The minimum atomic E-state index is -1.35. The van der Waals surface area contributed by atoms with Crippen molar-refractivity contribution in [3.05, 3.63) is 30.3 Å². The van der Waals surface area contributed by atoms with Crippen molar-refractivity contribution >= 4 is 23.7 Å². The fourth-order valence-corrected chi connectivity index (χ4v) is 3.66. The summed E-state index contributed by atoms with van der Waals surface area (Å²) < 4.78 is 16.7. The molecule has 7 nitrogen and oxygen atoms in total. The van der Waals surface area contributed by atoms with Gasteiger partial charge in [-0.1, -0.05) is 30.0 Å². The zero-order valence-electron chi connectivity index (χ0n) is 18.3. The predicted molar refractivity (Wildman–Crippen MR) is 113 cm³/mol. The van der Waals surface area contributed by atoms with E-state index in [2.05, 4.69) is 0 Å². The topological polar surface area (TPSA) is 102 Å². The first-order valence-electron chi connectivity index (χ1n) is 9.92. The molecule has 1 fully saturated rings. The first-order valence-corrected chi connectivity index (χ1v) is 10.8. The summed E-state index contributed by atoms with van der Waals surface area (Å²) in [6.07, 6.45) is -4.80. The van der Waals surface area contributed by atoms with E-state index in [9.17, 15) is 19.8 Å². The van der Waals surface area contributed by atoms with Gasteiger partial charge in [0.25, 0.3) is 0 Å². The summed E-state index contributed by atoms with van der Waals surface area (Å²) in [5.74, 6) is -0.999. The Labute approximate surface area is 182 Å². The van der Waals surface area contributed by atoms with Crippen LogP contribution < -0.4 is 0 Å². The molecule has 0 aromatic heterocycles. The standard InChI is InChI=1S/C22H32O7S/c1-21(2,3)19(25)27-12-14-15(23)17(29-20(26)22(4,5)6)16(24)18(28-14)30-13-10-8-7-9-11-13/h7-11,14-18,23-24H,12H2,1-6H3/t14-,15+,16-,17+,18+/m1/s1. The zero-order valence-corrected chi connectivity index (χ0v) is 19.1. The third-order valence-electron chi connectivity index (χ3n) is 4.48. The minimum Gasteiger partial charge on any atom is -0.462 e. The van der Waals surface area contributed by atoms with Crippen LogP contribution in [0.4, 0.5) is 0 Å². The van der Waals surface area contributed by atoms with Crippen LogP contribution in [0.2, 0.25) is 0 Å². The molecule has 0 spiro atoms. The number of carbonyl (C=O) groups is 2. The molecule has 0 unspecified atom stereocenters. The molecule has 1 saturated heterocycles. The van der Waals surface area contributed by atoms with Crippen molar-refractivity contribution in [2.75, 3.05) is 6.61 Å². The van der Waals surface area contributed by atoms with Gasteiger partial charge in [-0.25, -0.2) is 0 Å². The second kappa shape index (κ2) is 9.68. The van der Waals surface area contributed by atoms with Gasteiger partial charge in [0.1, 0.15) is 30.4 Å². The first-order chi connectivity index (χ1) is 13.8. The van der Waals surface area contributed by atoms with Crippen LogP contribution in [0.15, 0.2) is 35.2 Å². The highest BCUT2D eigenvalue weighted by atomic mass is 32.2. The van der Waals surface area contributed by atoms with Crippen LogP contribution in [-0.4, -0.2) is 58.6 Å². The van der Waals surface area contributed by atoms with Crippen molar-refractivity contribution in [2.45, 2.75) is 76.3 Å². The molecule has 2 N–H and O–H groups in total. The molecule has 1 aromatic carbocycles. The number of ether oxygens (including phenoxy) is 3. The highest BCUT2D eigenvalue weighted by molar-refractivity contribution is 7.99. The van der Waals surface area contributed by atoms with Gasteiger partial charge in [-0.3, -0.25) is 9.59 Å². The molecule has 0 aliphatic carbocycles. The first kappa shape index (κ1) is 24.7. The van der Waals surface area contributed by atoms with Crippen LogP contribution in [0, 0.1) is 10.8 Å².